The highest BCUT2D eigenvalue weighted by Crippen LogP contribution is 2.21. The standard InChI is InChI=1S/C16H22O2/c1-2-14-8-6-7-11-16(14)18-13-12-17-15-9-4-3-5-10-15/h2,6-8,11,15H,1,3-5,9-10,12-13H2. The average molecular weight is 246 g/mol. The summed E-state index contributed by atoms with van der Waals surface area (Å²) in [6.45, 7) is 5.07. The Morgan fingerprint density at radius 3 is 2.67 bits per heavy atom. The first-order chi connectivity index (χ1) is 8.90. The van der Waals surface area contributed by atoms with Gasteiger partial charge in [0.2, 0.25) is 0 Å². The van der Waals surface area contributed by atoms with Gasteiger partial charge in [-0.15, -0.1) is 0 Å². The zero-order chi connectivity index (χ0) is 12.6. The number of hydrogen-bond acceptors (Lipinski definition) is 2. The summed E-state index contributed by atoms with van der Waals surface area (Å²) in [5, 5.41) is 0. The Morgan fingerprint density at radius 1 is 1.11 bits per heavy atom. The molecule has 2 nitrogen and oxygen atoms in total. The number of rotatable bonds is 6. The van der Waals surface area contributed by atoms with Crippen molar-refractivity contribution in [2.45, 2.75) is 38.2 Å². The quantitative estimate of drug-likeness (QED) is 0.705. The van der Waals surface area contributed by atoms with Crippen LogP contribution in [-0.4, -0.2) is 19.3 Å². The van der Waals surface area contributed by atoms with E-state index in [4.69, 9.17) is 9.47 Å². The monoisotopic (exact) mass is 246 g/mol. The van der Waals surface area contributed by atoms with Gasteiger partial charge in [0, 0.05) is 5.56 Å². The van der Waals surface area contributed by atoms with Crippen LogP contribution in [0.25, 0.3) is 6.08 Å². The molecule has 0 saturated heterocycles. The van der Waals surface area contributed by atoms with Crippen LogP contribution in [0, 0.1) is 0 Å². The highest BCUT2D eigenvalue weighted by atomic mass is 16.5. The average Bonchev–Trinajstić information content (AvgIpc) is 2.45. The van der Waals surface area contributed by atoms with Gasteiger partial charge in [0.1, 0.15) is 12.4 Å². The van der Waals surface area contributed by atoms with Crippen molar-refractivity contribution in [3.8, 4) is 5.75 Å². The van der Waals surface area contributed by atoms with Crippen molar-refractivity contribution in [1.82, 2.24) is 0 Å². The minimum Gasteiger partial charge on any atom is -0.491 e. The molecule has 0 heterocycles. The van der Waals surface area contributed by atoms with Crippen molar-refractivity contribution < 1.29 is 9.47 Å². The molecule has 0 bridgehead atoms. The predicted molar refractivity (Wildman–Crippen MR) is 74.9 cm³/mol. The molecular weight excluding hydrogens is 224 g/mol. The third-order valence-corrected chi connectivity index (χ3v) is 3.39. The van der Waals surface area contributed by atoms with Gasteiger partial charge in [-0.3, -0.25) is 0 Å². The van der Waals surface area contributed by atoms with Gasteiger partial charge in [-0.25, -0.2) is 0 Å². The smallest absolute Gasteiger partial charge is 0.126 e. The Labute approximate surface area is 110 Å². The molecule has 0 N–H and O–H groups in total. The molecule has 1 saturated carbocycles. The summed E-state index contributed by atoms with van der Waals surface area (Å²) in [4.78, 5) is 0. The first-order valence-corrected chi connectivity index (χ1v) is 6.86. The number of para-hydroxylation sites is 1. The molecule has 0 amide bonds. The lowest BCUT2D eigenvalue weighted by Gasteiger charge is -2.22. The predicted octanol–water partition coefficient (Wildman–Crippen LogP) is 4.06. The van der Waals surface area contributed by atoms with Crippen molar-refractivity contribution in [2.24, 2.45) is 0 Å². The van der Waals surface area contributed by atoms with Crippen molar-refractivity contribution in [3.05, 3.63) is 36.4 Å². The molecule has 18 heavy (non-hydrogen) atoms. The maximum Gasteiger partial charge on any atom is 0.126 e. The van der Waals surface area contributed by atoms with Gasteiger partial charge in [0.05, 0.1) is 12.7 Å². The van der Waals surface area contributed by atoms with Gasteiger partial charge in [-0.1, -0.05) is 50.1 Å². The Kier molecular flexibility index (Phi) is 5.28. The van der Waals surface area contributed by atoms with Gasteiger partial charge in [-0.2, -0.15) is 0 Å². The summed E-state index contributed by atoms with van der Waals surface area (Å²) in [7, 11) is 0. The van der Waals surface area contributed by atoms with Crippen LogP contribution in [0.15, 0.2) is 30.8 Å². The third kappa shape index (κ3) is 3.88. The number of benzene rings is 1. The molecular formula is C16H22O2. The van der Waals surface area contributed by atoms with E-state index in [9.17, 15) is 0 Å². The zero-order valence-electron chi connectivity index (χ0n) is 10.9. The second-order valence-corrected chi connectivity index (χ2v) is 4.72. The highest BCUT2D eigenvalue weighted by molar-refractivity contribution is 5.55. The van der Waals surface area contributed by atoms with Crippen LogP contribution in [0.3, 0.4) is 0 Å². The fourth-order valence-electron chi connectivity index (χ4n) is 2.38. The minimum atomic E-state index is 0.456. The second kappa shape index (κ2) is 7.22. The summed E-state index contributed by atoms with van der Waals surface area (Å²) >= 11 is 0. The normalized spacial score (nSPS) is 16.4. The molecule has 1 aliphatic carbocycles. The van der Waals surface area contributed by atoms with E-state index in [1.165, 1.54) is 32.1 Å². The van der Waals surface area contributed by atoms with E-state index in [0.717, 1.165) is 11.3 Å². The lowest BCUT2D eigenvalue weighted by Crippen LogP contribution is -2.19. The largest absolute Gasteiger partial charge is 0.491 e. The number of ether oxygens (including phenoxy) is 2. The molecule has 1 aliphatic rings. The molecule has 2 rings (SSSR count). The fraction of sp³-hybridized carbons (Fsp3) is 0.500. The van der Waals surface area contributed by atoms with Crippen LogP contribution in [0.4, 0.5) is 0 Å². The Bertz CT molecular complexity index is 367. The van der Waals surface area contributed by atoms with Crippen LogP contribution in [0.5, 0.6) is 5.75 Å². The van der Waals surface area contributed by atoms with E-state index in [0.29, 0.717) is 19.3 Å². The van der Waals surface area contributed by atoms with Gasteiger partial charge in [-0.05, 0) is 18.9 Å². The van der Waals surface area contributed by atoms with Crippen molar-refractivity contribution >= 4 is 6.08 Å². The lowest BCUT2D eigenvalue weighted by atomic mass is 9.98. The van der Waals surface area contributed by atoms with E-state index >= 15 is 0 Å². The molecule has 0 unspecified atom stereocenters. The van der Waals surface area contributed by atoms with Gasteiger partial charge < -0.3 is 9.47 Å². The van der Waals surface area contributed by atoms with Crippen LogP contribution in [0.2, 0.25) is 0 Å². The van der Waals surface area contributed by atoms with E-state index < -0.39 is 0 Å². The first kappa shape index (κ1) is 13.2. The first-order valence-electron chi connectivity index (χ1n) is 6.86. The third-order valence-electron chi connectivity index (χ3n) is 3.39. The zero-order valence-corrected chi connectivity index (χ0v) is 10.9. The Morgan fingerprint density at radius 2 is 1.89 bits per heavy atom. The Hall–Kier alpha value is -1.28. The van der Waals surface area contributed by atoms with E-state index in [1.807, 2.05) is 30.3 Å². The van der Waals surface area contributed by atoms with Crippen LogP contribution >= 0.6 is 0 Å². The summed E-state index contributed by atoms with van der Waals surface area (Å²) in [5.41, 5.74) is 1.04. The molecule has 0 atom stereocenters. The van der Waals surface area contributed by atoms with E-state index in [-0.39, 0.29) is 0 Å². The van der Waals surface area contributed by atoms with Crippen molar-refractivity contribution in [2.75, 3.05) is 13.2 Å². The van der Waals surface area contributed by atoms with Gasteiger partial charge in [0.15, 0.2) is 0 Å². The summed E-state index contributed by atoms with van der Waals surface area (Å²) in [6, 6.07) is 7.94. The van der Waals surface area contributed by atoms with Crippen molar-refractivity contribution in [1.29, 1.82) is 0 Å². The number of hydrogen-bond donors (Lipinski definition) is 0. The molecule has 0 radical (unpaired) electrons. The van der Waals surface area contributed by atoms with E-state index in [2.05, 4.69) is 6.58 Å². The molecule has 0 aliphatic heterocycles. The van der Waals surface area contributed by atoms with Crippen LogP contribution in [-0.2, 0) is 4.74 Å². The summed E-state index contributed by atoms with van der Waals surface area (Å²) in [6.07, 6.45) is 8.68. The fourth-order valence-corrected chi connectivity index (χ4v) is 2.38. The topological polar surface area (TPSA) is 18.5 Å². The second-order valence-electron chi connectivity index (χ2n) is 4.72. The molecule has 0 spiro atoms. The Balaban J connectivity index is 1.69. The van der Waals surface area contributed by atoms with Crippen LogP contribution in [0.1, 0.15) is 37.7 Å². The maximum absolute atomic E-state index is 5.83. The van der Waals surface area contributed by atoms with E-state index in [1.54, 1.807) is 0 Å². The van der Waals surface area contributed by atoms with Gasteiger partial charge in [0.25, 0.3) is 0 Å². The lowest BCUT2D eigenvalue weighted by molar-refractivity contribution is 0.0129. The molecule has 1 fully saturated rings. The molecule has 1 aromatic rings. The molecule has 98 valence electrons. The summed E-state index contributed by atoms with van der Waals surface area (Å²) < 4.78 is 11.6. The van der Waals surface area contributed by atoms with Crippen molar-refractivity contribution in [3.63, 3.8) is 0 Å². The minimum absolute atomic E-state index is 0.456. The summed E-state index contributed by atoms with van der Waals surface area (Å²) in [5.74, 6) is 0.889. The molecule has 2 heteroatoms. The highest BCUT2D eigenvalue weighted by Gasteiger charge is 2.13. The molecule has 0 aromatic heterocycles. The SMILES string of the molecule is C=Cc1ccccc1OCCOC1CCCCC1. The van der Waals surface area contributed by atoms with Gasteiger partial charge >= 0.3 is 0 Å². The molecule has 1 aromatic carbocycles. The van der Waals surface area contributed by atoms with Crippen LogP contribution < -0.4 is 4.74 Å². The maximum atomic E-state index is 5.83.